The summed E-state index contributed by atoms with van der Waals surface area (Å²) in [7, 11) is 0. The standard InChI is InChI=1S/C16H20N2/c1-13(14-9-5-3-6-10-14)16(2,18-17)15-11-7-4-8-12-15/h3-13,18H,17H2,1-2H3. The number of nitrogens with one attached hydrogen (secondary N) is 1. The summed E-state index contributed by atoms with van der Waals surface area (Å²) in [5, 5.41) is 0. The van der Waals surface area contributed by atoms with Crippen LogP contribution in [0.25, 0.3) is 0 Å². The highest BCUT2D eigenvalue weighted by Gasteiger charge is 2.32. The van der Waals surface area contributed by atoms with Gasteiger partial charge in [0, 0.05) is 5.92 Å². The van der Waals surface area contributed by atoms with Crippen LogP contribution in [0.1, 0.15) is 30.9 Å². The van der Waals surface area contributed by atoms with Crippen molar-refractivity contribution in [2.24, 2.45) is 5.84 Å². The van der Waals surface area contributed by atoms with Crippen LogP contribution in [0.3, 0.4) is 0 Å². The van der Waals surface area contributed by atoms with Gasteiger partial charge in [0.2, 0.25) is 0 Å². The average molecular weight is 240 g/mol. The summed E-state index contributed by atoms with van der Waals surface area (Å²) in [6, 6.07) is 20.8. The largest absolute Gasteiger partial charge is 0.271 e. The highest BCUT2D eigenvalue weighted by Crippen LogP contribution is 2.35. The summed E-state index contributed by atoms with van der Waals surface area (Å²) in [4.78, 5) is 0. The number of nitrogens with two attached hydrogens (primary N) is 1. The van der Waals surface area contributed by atoms with E-state index in [0.717, 1.165) is 0 Å². The van der Waals surface area contributed by atoms with Gasteiger partial charge in [-0.2, -0.15) is 0 Å². The number of benzene rings is 2. The summed E-state index contributed by atoms with van der Waals surface area (Å²) in [6.45, 7) is 4.34. The van der Waals surface area contributed by atoms with Gasteiger partial charge in [-0.05, 0) is 18.1 Å². The molecular formula is C16H20N2. The van der Waals surface area contributed by atoms with Gasteiger partial charge in [-0.15, -0.1) is 0 Å². The molecule has 0 spiro atoms. The minimum absolute atomic E-state index is 0.275. The predicted molar refractivity (Wildman–Crippen MR) is 76.0 cm³/mol. The van der Waals surface area contributed by atoms with Crippen molar-refractivity contribution in [2.45, 2.75) is 25.3 Å². The zero-order valence-corrected chi connectivity index (χ0v) is 10.9. The monoisotopic (exact) mass is 240 g/mol. The third-order valence-electron chi connectivity index (χ3n) is 3.84. The summed E-state index contributed by atoms with van der Waals surface area (Å²) in [5.41, 5.74) is 5.20. The van der Waals surface area contributed by atoms with Gasteiger partial charge in [0.25, 0.3) is 0 Å². The molecule has 2 atom stereocenters. The van der Waals surface area contributed by atoms with Crippen molar-refractivity contribution in [3.05, 3.63) is 71.8 Å². The Bertz CT molecular complexity index is 481. The van der Waals surface area contributed by atoms with Crippen molar-refractivity contribution >= 4 is 0 Å². The lowest BCUT2D eigenvalue weighted by Gasteiger charge is -2.36. The second kappa shape index (κ2) is 5.34. The maximum Gasteiger partial charge on any atom is 0.0607 e. The fraction of sp³-hybridized carbons (Fsp3) is 0.250. The van der Waals surface area contributed by atoms with E-state index in [1.807, 2.05) is 24.3 Å². The van der Waals surface area contributed by atoms with E-state index in [0.29, 0.717) is 0 Å². The first kappa shape index (κ1) is 12.8. The smallest absolute Gasteiger partial charge is 0.0607 e. The van der Waals surface area contributed by atoms with Crippen LogP contribution in [-0.4, -0.2) is 0 Å². The van der Waals surface area contributed by atoms with Gasteiger partial charge in [0.1, 0.15) is 0 Å². The molecule has 0 aliphatic rings. The third kappa shape index (κ3) is 2.30. The Hall–Kier alpha value is -1.64. The zero-order valence-electron chi connectivity index (χ0n) is 10.9. The number of rotatable bonds is 4. The summed E-state index contributed by atoms with van der Waals surface area (Å²) >= 11 is 0. The molecule has 0 fully saturated rings. The first-order chi connectivity index (χ1) is 8.68. The number of hydrogen-bond donors (Lipinski definition) is 2. The lowest BCUT2D eigenvalue weighted by molar-refractivity contribution is 0.316. The number of hydrogen-bond acceptors (Lipinski definition) is 2. The van der Waals surface area contributed by atoms with Crippen molar-refractivity contribution in [2.75, 3.05) is 0 Å². The van der Waals surface area contributed by atoms with E-state index in [-0.39, 0.29) is 11.5 Å². The van der Waals surface area contributed by atoms with E-state index in [1.54, 1.807) is 0 Å². The normalized spacial score (nSPS) is 15.9. The molecular weight excluding hydrogens is 220 g/mol. The highest BCUT2D eigenvalue weighted by atomic mass is 15.3. The topological polar surface area (TPSA) is 38.0 Å². The first-order valence-electron chi connectivity index (χ1n) is 6.26. The molecule has 2 aromatic rings. The predicted octanol–water partition coefficient (Wildman–Crippen LogP) is 3.17. The maximum atomic E-state index is 5.83. The Balaban J connectivity index is 2.39. The Morgan fingerprint density at radius 3 is 1.94 bits per heavy atom. The van der Waals surface area contributed by atoms with Crippen molar-refractivity contribution in [1.82, 2.24) is 5.43 Å². The first-order valence-corrected chi connectivity index (χ1v) is 6.26. The molecule has 0 saturated carbocycles. The van der Waals surface area contributed by atoms with Gasteiger partial charge < -0.3 is 0 Å². The Morgan fingerprint density at radius 1 is 0.944 bits per heavy atom. The molecule has 0 radical (unpaired) electrons. The van der Waals surface area contributed by atoms with E-state index in [4.69, 9.17) is 5.84 Å². The molecule has 0 aromatic heterocycles. The second-order valence-electron chi connectivity index (χ2n) is 4.85. The quantitative estimate of drug-likeness (QED) is 0.636. The van der Waals surface area contributed by atoms with Crippen LogP contribution >= 0.6 is 0 Å². The Labute approximate surface area is 109 Å². The van der Waals surface area contributed by atoms with E-state index < -0.39 is 0 Å². The Kier molecular flexibility index (Phi) is 3.80. The van der Waals surface area contributed by atoms with Crippen molar-refractivity contribution in [1.29, 1.82) is 0 Å². The van der Waals surface area contributed by atoms with Crippen molar-refractivity contribution in [3.8, 4) is 0 Å². The van der Waals surface area contributed by atoms with Crippen LogP contribution in [-0.2, 0) is 5.54 Å². The average Bonchev–Trinajstić information content (AvgIpc) is 2.47. The van der Waals surface area contributed by atoms with Gasteiger partial charge in [-0.3, -0.25) is 5.84 Å². The van der Waals surface area contributed by atoms with Gasteiger partial charge in [-0.1, -0.05) is 67.6 Å². The van der Waals surface area contributed by atoms with Crippen LogP contribution < -0.4 is 11.3 Å². The van der Waals surface area contributed by atoms with Crippen LogP contribution in [0.4, 0.5) is 0 Å². The molecule has 0 heterocycles. The van der Waals surface area contributed by atoms with Gasteiger partial charge in [0.05, 0.1) is 5.54 Å². The summed E-state index contributed by atoms with van der Waals surface area (Å²) < 4.78 is 0. The molecule has 0 saturated heterocycles. The molecule has 0 aliphatic heterocycles. The van der Waals surface area contributed by atoms with Crippen LogP contribution in [0.15, 0.2) is 60.7 Å². The maximum absolute atomic E-state index is 5.83. The SMILES string of the molecule is CC(c1ccccc1)C(C)(NN)c1ccccc1. The molecule has 3 N–H and O–H groups in total. The Morgan fingerprint density at radius 2 is 1.44 bits per heavy atom. The molecule has 2 aromatic carbocycles. The molecule has 2 nitrogen and oxygen atoms in total. The fourth-order valence-corrected chi connectivity index (χ4v) is 2.32. The molecule has 0 aliphatic carbocycles. The van der Waals surface area contributed by atoms with Crippen molar-refractivity contribution < 1.29 is 0 Å². The van der Waals surface area contributed by atoms with Gasteiger partial charge in [-0.25, -0.2) is 5.43 Å². The van der Waals surface area contributed by atoms with E-state index >= 15 is 0 Å². The van der Waals surface area contributed by atoms with Crippen LogP contribution in [0, 0.1) is 0 Å². The lowest BCUT2D eigenvalue weighted by atomic mass is 9.77. The molecule has 2 heteroatoms. The molecule has 2 rings (SSSR count). The van der Waals surface area contributed by atoms with E-state index in [1.165, 1.54) is 11.1 Å². The van der Waals surface area contributed by atoms with Crippen molar-refractivity contribution in [3.63, 3.8) is 0 Å². The molecule has 2 unspecified atom stereocenters. The minimum atomic E-state index is -0.275. The molecule has 0 amide bonds. The van der Waals surface area contributed by atoms with E-state index in [2.05, 4.69) is 55.7 Å². The zero-order chi connectivity index (χ0) is 13.0. The molecule has 18 heavy (non-hydrogen) atoms. The van der Waals surface area contributed by atoms with Gasteiger partial charge in [0.15, 0.2) is 0 Å². The number of hydrazine groups is 1. The minimum Gasteiger partial charge on any atom is -0.271 e. The molecule has 94 valence electrons. The van der Waals surface area contributed by atoms with Gasteiger partial charge >= 0.3 is 0 Å². The van der Waals surface area contributed by atoms with Crippen LogP contribution in [0.2, 0.25) is 0 Å². The van der Waals surface area contributed by atoms with Crippen LogP contribution in [0.5, 0.6) is 0 Å². The highest BCUT2D eigenvalue weighted by molar-refractivity contribution is 5.31. The van der Waals surface area contributed by atoms with E-state index in [9.17, 15) is 0 Å². The second-order valence-corrected chi connectivity index (χ2v) is 4.85. The summed E-state index contributed by atoms with van der Waals surface area (Å²) in [6.07, 6.45) is 0. The summed E-state index contributed by atoms with van der Waals surface area (Å²) in [5.74, 6) is 6.11. The fourth-order valence-electron chi connectivity index (χ4n) is 2.32. The third-order valence-corrected chi connectivity index (χ3v) is 3.84. The molecule has 0 bridgehead atoms. The lowest BCUT2D eigenvalue weighted by Crippen LogP contribution is -2.47.